The van der Waals surface area contributed by atoms with Gasteiger partial charge in [-0.2, -0.15) is 0 Å². The number of fused-ring (bicyclic) bond motifs is 7. The van der Waals surface area contributed by atoms with Crippen LogP contribution in [0, 0.1) is 0 Å². The van der Waals surface area contributed by atoms with Crippen molar-refractivity contribution in [2.75, 3.05) is 0 Å². The van der Waals surface area contributed by atoms with Crippen molar-refractivity contribution in [2.45, 2.75) is 19.3 Å². The SMILES string of the molecule is CC1(C)c2ccccc2-c2cc(-c3c4ccccc4c(-c4nc5ccccc5n4-c4ccccc4)c4ccc(-c5cccc6ccccc56)cc34)ccc21. The van der Waals surface area contributed by atoms with E-state index in [1.54, 1.807) is 0 Å². The summed E-state index contributed by atoms with van der Waals surface area (Å²) in [5, 5.41) is 7.29. The fourth-order valence-corrected chi connectivity index (χ4v) is 9.28. The predicted molar refractivity (Wildman–Crippen MR) is 227 cm³/mol. The van der Waals surface area contributed by atoms with E-state index in [2.05, 4.69) is 200 Å². The summed E-state index contributed by atoms with van der Waals surface area (Å²) >= 11 is 0. The molecule has 0 unspecified atom stereocenters. The highest BCUT2D eigenvalue weighted by atomic mass is 15.1. The molecule has 2 nitrogen and oxygen atoms in total. The molecule has 10 aromatic rings. The average molecular weight is 689 g/mol. The van der Waals surface area contributed by atoms with Gasteiger partial charge in [-0.25, -0.2) is 4.98 Å². The maximum absolute atomic E-state index is 5.43. The zero-order valence-corrected chi connectivity index (χ0v) is 30.2. The van der Waals surface area contributed by atoms with Crippen LogP contribution < -0.4 is 0 Å². The van der Waals surface area contributed by atoms with Crippen LogP contribution in [0.2, 0.25) is 0 Å². The Hall–Kier alpha value is -6.77. The molecule has 0 saturated heterocycles. The highest BCUT2D eigenvalue weighted by Crippen LogP contribution is 2.52. The standard InChI is InChI=1S/C52H36N2/c1-52(2)45-24-11-10-20-39(45)43-32-35(28-30-46(43)52)49-40-21-8-9-22-41(40)50(51-53-47-25-12-13-26-48(47)54(51)36-17-4-3-5-18-36)42-29-27-34(31-44(42)49)38-23-14-16-33-15-6-7-19-37(33)38/h3-32H,1-2H3. The number of aromatic nitrogens is 2. The summed E-state index contributed by atoms with van der Waals surface area (Å²) in [6.45, 7) is 4.71. The summed E-state index contributed by atoms with van der Waals surface area (Å²) in [4.78, 5) is 5.43. The highest BCUT2D eigenvalue weighted by Gasteiger charge is 2.35. The van der Waals surface area contributed by atoms with Crippen molar-refractivity contribution in [1.82, 2.24) is 9.55 Å². The molecule has 11 rings (SSSR count). The van der Waals surface area contributed by atoms with Gasteiger partial charge >= 0.3 is 0 Å². The number of para-hydroxylation sites is 3. The van der Waals surface area contributed by atoms with Crippen LogP contribution in [-0.4, -0.2) is 9.55 Å². The first kappa shape index (κ1) is 30.8. The van der Waals surface area contributed by atoms with Crippen molar-refractivity contribution in [3.05, 3.63) is 193 Å². The molecule has 0 atom stereocenters. The van der Waals surface area contributed by atoms with Crippen LogP contribution in [0.1, 0.15) is 25.0 Å². The maximum Gasteiger partial charge on any atom is 0.146 e. The van der Waals surface area contributed by atoms with Crippen LogP contribution in [0.25, 0.3) is 93.8 Å². The molecule has 9 aromatic carbocycles. The monoisotopic (exact) mass is 688 g/mol. The van der Waals surface area contributed by atoms with E-state index in [9.17, 15) is 0 Å². The molecule has 1 heterocycles. The third kappa shape index (κ3) is 4.44. The van der Waals surface area contributed by atoms with E-state index in [1.165, 1.54) is 76.8 Å². The lowest BCUT2D eigenvalue weighted by atomic mass is 9.81. The minimum Gasteiger partial charge on any atom is -0.292 e. The van der Waals surface area contributed by atoms with Gasteiger partial charge in [-0.3, -0.25) is 4.57 Å². The summed E-state index contributed by atoms with van der Waals surface area (Å²) < 4.78 is 2.34. The largest absolute Gasteiger partial charge is 0.292 e. The van der Waals surface area contributed by atoms with E-state index in [0.29, 0.717) is 0 Å². The number of nitrogens with zero attached hydrogens (tertiary/aromatic N) is 2. The van der Waals surface area contributed by atoms with Crippen LogP contribution in [0.4, 0.5) is 0 Å². The smallest absolute Gasteiger partial charge is 0.146 e. The first-order chi connectivity index (χ1) is 26.6. The van der Waals surface area contributed by atoms with E-state index in [1.807, 2.05) is 0 Å². The van der Waals surface area contributed by atoms with E-state index < -0.39 is 0 Å². The predicted octanol–water partition coefficient (Wildman–Crippen LogP) is 13.8. The van der Waals surface area contributed by atoms with E-state index in [0.717, 1.165) is 28.1 Å². The zero-order chi connectivity index (χ0) is 36.0. The minimum absolute atomic E-state index is 0.0590. The molecule has 1 aliphatic carbocycles. The van der Waals surface area contributed by atoms with Gasteiger partial charge in [-0.15, -0.1) is 0 Å². The van der Waals surface area contributed by atoms with Gasteiger partial charge in [0.1, 0.15) is 5.82 Å². The van der Waals surface area contributed by atoms with Gasteiger partial charge in [0.25, 0.3) is 0 Å². The summed E-state index contributed by atoms with van der Waals surface area (Å²) in [6, 6.07) is 66.6. The molecule has 2 heteroatoms. The Morgan fingerprint density at radius 2 is 1.06 bits per heavy atom. The summed E-state index contributed by atoms with van der Waals surface area (Å²) in [7, 11) is 0. The average Bonchev–Trinajstić information content (AvgIpc) is 3.71. The van der Waals surface area contributed by atoms with Gasteiger partial charge in [0.15, 0.2) is 0 Å². The summed E-state index contributed by atoms with van der Waals surface area (Å²) in [5.41, 5.74) is 14.6. The lowest BCUT2D eigenvalue weighted by Crippen LogP contribution is -2.14. The lowest BCUT2D eigenvalue weighted by molar-refractivity contribution is 0.660. The molecule has 0 bridgehead atoms. The van der Waals surface area contributed by atoms with Crippen molar-refractivity contribution in [2.24, 2.45) is 0 Å². The number of hydrogen-bond donors (Lipinski definition) is 0. The van der Waals surface area contributed by atoms with Gasteiger partial charge in [0.05, 0.1) is 11.0 Å². The number of imidazole rings is 1. The summed E-state index contributed by atoms with van der Waals surface area (Å²) in [5.74, 6) is 0.942. The molecule has 0 spiro atoms. The second-order valence-corrected chi connectivity index (χ2v) is 15.1. The normalized spacial score (nSPS) is 13.1. The number of hydrogen-bond acceptors (Lipinski definition) is 1. The molecule has 0 saturated carbocycles. The first-order valence-electron chi connectivity index (χ1n) is 18.8. The lowest BCUT2D eigenvalue weighted by Gasteiger charge is -2.22. The van der Waals surface area contributed by atoms with Gasteiger partial charge < -0.3 is 0 Å². The molecule has 0 N–H and O–H groups in total. The van der Waals surface area contributed by atoms with Crippen LogP contribution >= 0.6 is 0 Å². The molecule has 254 valence electrons. The Labute approximate surface area is 314 Å². The van der Waals surface area contributed by atoms with Crippen LogP contribution in [0.3, 0.4) is 0 Å². The Bertz CT molecular complexity index is 3120. The molecule has 0 fully saturated rings. The van der Waals surface area contributed by atoms with Crippen molar-refractivity contribution in [3.8, 4) is 50.5 Å². The van der Waals surface area contributed by atoms with Gasteiger partial charge in [0, 0.05) is 16.7 Å². The number of benzene rings is 9. The third-order valence-corrected chi connectivity index (χ3v) is 11.8. The highest BCUT2D eigenvalue weighted by molar-refractivity contribution is 6.22. The molecule has 0 radical (unpaired) electrons. The molecule has 0 amide bonds. The number of rotatable bonds is 4. The molecule has 54 heavy (non-hydrogen) atoms. The van der Waals surface area contributed by atoms with Crippen molar-refractivity contribution in [1.29, 1.82) is 0 Å². The Morgan fingerprint density at radius 1 is 0.426 bits per heavy atom. The molecule has 1 aliphatic rings. The zero-order valence-electron chi connectivity index (χ0n) is 30.2. The fourth-order valence-electron chi connectivity index (χ4n) is 9.28. The van der Waals surface area contributed by atoms with E-state index in [4.69, 9.17) is 4.98 Å². The second-order valence-electron chi connectivity index (χ2n) is 15.1. The van der Waals surface area contributed by atoms with Gasteiger partial charge in [0.2, 0.25) is 0 Å². The molecule has 1 aromatic heterocycles. The Balaban J connectivity index is 1.28. The van der Waals surface area contributed by atoms with Crippen molar-refractivity contribution in [3.63, 3.8) is 0 Å². The van der Waals surface area contributed by atoms with E-state index >= 15 is 0 Å². The van der Waals surface area contributed by atoms with Crippen LogP contribution in [0.15, 0.2) is 182 Å². The maximum atomic E-state index is 5.43. The van der Waals surface area contributed by atoms with Crippen molar-refractivity contribution < 1.29 is 0 Å². The first-order valence-corrected chi connectivity index (χ1v) is 18.8. The van der Waals surface area contributed by atoms with Crippen molar-refractivity contribution >= 4 is 43.4 Å². The second kappa shape index (κ2) is 11.6. The Morgan fingerprint density at radius 3 is 1.93 bits per heavy atom. The third-order valence-electron chi connectivity index (χ3n) is 11.8. The quantitative estimate of drug-likeness (QED) is 0.168. The van der Waals surface area contributed by atoms with Gasteiger partial charge in [-0.05, 0) is 113 Å². The van der Waals surface area contributed by atoms with Crippen LogP contribution in [0.5, 0.6) is 0 Å². The Kier molecular flexibility index (Phi) is 6.63. The topological polar surface area (TPSA) is 17.8 Å². The molecular weight excluding hydrogens is 653 g/mol. The van der Waals surface area contributed by atoms with Crippen LogP contribution in [-0.2, 0) is 5.41 Å². The minimum atomic E-state index is -0.0590. The fraction of sp³-hybridized carbons (Fsp3) is 0.0577. The van der Waals surface area contributed by atoms with E-state index in [-0.39, 0.29) is 5.41 Å². The molecule has 0 aliphatic heterocycles. The molecular formula is C52H36N2. The summed E-state index contributed by atoms with van der Waals surface area (Å²) in [6.07, 6.45) is 0. The van der Waals surface area contributed by atoms with Gasteiger partial charge in [-0.1, -0.05) is 159 Å².